The fourth-order valence-corrected chi connectivity index (χ4v) is 1.77. The van der Waals surface area contributed by atoms with Crippen LogP contribution in [-0.4, -0.2) is 25.8 Å². The van der Waals surface area contributed by atoms with E-state index in [1.54, 1.807) is 43.0 Å². The number of carbonyl (C=O) groups is 1. The molecule has 0 bridgehead atoms. The molecular weight excluding hydrogens is 242 g/mol. The van der Waals surface area contributed by atoms with Crippen molar-refractivity contribution in [2.24, 2.45) is 0 Å². The zero-order valence-corrected chi connectivity index (χ0v) is 10.00. The van der Waals surface area contributed by atoms with Gasteiger partial charge < -0.3 is 10.3 Å². The Hall–Kier alpha value is -2.76. The summed E-state index contributed by atoms with van der Waals surface area (Å²) in [6.45, 7) is 0.365. The number of nitrogens with zero attached hydrogens (tertiary/aromatic N) is 3. The average molecular weight is 253 g/mol. The Morgan fingerprint density at radius 1 is 1.11 bits per heavy atom. The zero-order valence-electron chi connectivity index (χ0n) is 10.00. The van der Waals surface area contributed by atoms with Crippen LogP contribution in [0.3, 0.4) is 0 Å². The molecule has 94 valence electrons. The number of fused-ring (bicyclic) bond motifs is 1. The molecule has 0 unspecified atom stereocenters. The molecule has 1 aromatic carbocycles. The van der Waals surface area contributed by atoms with Crippen molar-refractivity contribution in [1.82, 2.24) is 25.3 Å². The third-order valence-corrected chi connectivity index (χ3v) is 2.70. The number of rotatable bonds is 3. The van der Waals surface area contributed by atoms with Crippen molar-refractivity contribution in [2.45, 2.75) is 6.54 Å². The lowest BCUT2D eigenvalue weighted by Gasteiger charge is -2.04. The SMILES string of the molecule is O=C(NCc1ncc[nH]1)c1ccc2nccnc2c1. The molecule has 19 heavy (non-hydrogen) atoms. The van der Waals surface area contributed by atoms with E-state index in [1.807, 2.05) is 0 Å². The van der Waals surface area contributed by atoms with E-state index in [0.717, 1.165) is 5.52 Å². The summed E-state index contributed by atoms with van der Waals surface area (Å²) in [4.78, 5) is 27.3. The van der Waals surface area contributed by atoms with E-state index in [-0.39, 0.29) is 5.91 Å². The number of benzene rings is 1. The summed E-state index contributed by atoms with van der Waals surface area (Å²) in [5.41, 5.74) is 2.03. The number of aromatic nitrogens is 4. The van der Waals surface area contributed by atoms with Crippen molar-refractivity contribution in [2.75, 3.05) is 0 Å². The second kappa shape index (κ2) is 4.85. The minimum atomic E-state index is -0.163. The van der Waals surface area contributed by atoms with Gasteiger partial charge in [-0.05, 0) is 18.2 Å². The number of aromatic amines is 1. The molecule has 0 spiro atoms. The Balaban J connectivity index is 1.77. The minimum absolute atomic E-state index is 0.163. The maximum Gasteiger partial charge on any atom is 0.251 e. The lowest BCUT2D eigenvalue weighted by molar-refractivity contribution is 0.0950. The van der Waals surface area contributed by atoms with Crippen LogP contribution in [-0.2, 0) is 6.54 Å². The van der Waals surface area contributed by atoms with Gasteiger partial charge >= 0.3 is 0 Å². The third kappa shape index (κ3) is 2.42. The zero-order chi connectivity index (χ0) is 13.1. The van der Waals surface area contributed by atoms with E-state index in [2.05, 4.69) is 25.3 Å². The molecule has 6 nitrogen and oxygen atoms in total. The number of hydrogen-bond acceptors (Lipinski definition) is 4. The van der Waals surface area contributed by atoms with Crippen LogP contribution in [0.15, 0.2) is 43.0 Å². The molecular formula is C13H11N5O. The lowest BCUT2D eigenvalue weighted by Crippen LogP contribution is -2.23. The Kier molecular flexibility index (Phi) is 2.89. The summed E-state index contributed by atoms with van der Waals surface area (Å²) in [5, 5.41) is 2.79. The van der Waals surface area contributed by atoms with Gasteiger partial charge in [0, 0.05) is 30.4 Å². The van der Waals surface area contributed by atoms with Gasteiger partial charge in [0.1, 0.15) is 5.82 Å². The van der Waals surface area contributed by atoms with Crippen LogP contribution in [0.1, 0.15) is 16.2 Å². The molecule has 0 saturated carbocycles. The molecule has 3 rings (SSSR count). The van der Waals surface area contributed by atoms with Gasteiger partial charge in [0.25, 0.3) is 5.91 Å². The Bertz CT molecular complexity index is 708. The molecule has 2 heterocycles. The third-order valence-electron chi connectivity index (χ3n) is 2.70. The van der Waals surface area contributed by atoms with E-state index in [1.165, 1.54) is 0 Å². The van der Waals surface area contributed by atoms with Gasteiger partial charge in [0.05, 0.1) is 17.6 Å². The molecule has 1 amide bonds. The van der Waals surface area contributed by atoms with E-state index >= 15 is 0 Å². The summed E-state index contributed by atoms with van der Waals surface area (Å²) < 4.78 is 0. The van der Waals surface area contributed by atoms with Gasteiger partial charge in [0.15, 0.2) is 0 Å². The quantitative estimate of drug-likeness (QED) is 0.736. The topological polar surface area (TPSA) is 83.6 Å². The van der Waals surface area contributed by atoms with Crippen LogP contribution >= 0.6 is 0 Å². The summed E-state index contributed by atoms with van der Waals surface area (Å²) in [7, 11) is 0. The molecule has 0 saturated heterocycles. The number of H-pyrrole nitrogens is 1. The molecule has 0 aliphatic carbocycles. The van der Waals surface area contributed by atoms with Crippen LogP contribution in [0.4, 0.5) is 0 Å². The Morgan fingerprint density at radius 2 is 1.95 bits per heavy atom. The number of imidazole rings is 1. The highest BCUT2D eigenvalue weighted by atomic mass is 16.1. The maximum atomic E-state index is 12.0. The van der Waals surface area contributed by atoms with Gasteiger partial charge in [-0.3, -0.25) is 14.8 Å². The largest absolute Gasteiger partial charge is 0.347 e. The molecule has 0 aliphatic rings. The van der Waals surface area contributed by atoms with Crippen molar-refractivity contribution in [3.8, 4) is 0 Å². The van der Waals surface area contributed by atoms with Crippen LogP contribution in [0.5, 0.6) is 0 Å². The molecule has 6 heteroatoms. The second-order valence-corrected chi connectivity index (χ2v) is 3.98. The van der Waals surface area contributed by atoms with Crippen molar-refractivity contribution in [1.29, 1.82) is 0 Å². The standard InChI is InChI=1S/C13H11N5O/c19-13(18-8-12-16-5-6-17-12)9-1-2-10-11(7-9)15-4-3-14-10/h1-7H,8H2,(H,16,17)(H,18,19). The van der Waals surface area contributed by atoms with Crippen molar-refractivity contribution in [3.63, 3.8) is 0 Å². The van der Waals surface area contributed by atoms with Gasteiger partial charge in [-0.2, -0.15) is 0 Å². The van der Waals surface area contributed by atoms with Crippen molar-refractivity contribution in [3.05, 3.63) is 54.4 Å². The Morgan fingerprint density at radius 3 is 2.74 bits per heavy atom. The van der Waals surface area contributed by atoms with Crippen molar-refractivity contribution < 1.29 is 4.79 Å². The number of carbonyl (C=O) groups excluding carboxylic acids is 1. The number of nitrogens with one attached hydrogen (secondary N) is 2. The molecule has 3 aromatic rings. The van der Waals surface area contributed by atoms with Gasteiger partial charge in [-0.25, -0.2) is 4.98 Å². The second-order valence-electron chi connectivity index (χ2n) is 3.98. The summed E-state index contributed by atoms with van der Waals surface area (Å²) in [5.74, 6) is 0.554. The summed E-state index contributed by atoms with van der Waals surface area (Å²) in [6, 6.07) is 5.23. The first kappa shape index (κ1) is 11.3. The fourth-order valence-electron chi connectivity index (χ4n) is 1.77. The summed E-state index contributed by atoms with van der Waals surface area (Å²) in [6.07, 6.45) is 6.59. The molecule has 2 N–H and O–H groups in total. The maximum absolute atomic E-state index is 12.0. The molecule has 2 aromatic heterocycles. The van der Waals surface area contributed by atoms with Gasteiger partial charge in [-0.15, -0.1) is 0 Å². The molecule has 0 atom stereocenters. The highest BCUT2D eigenvalue weighted by molar-refractivity contribution is 5.97. The smallest absolute Gasteiger partial charge is 0.251 e. The van der Waals surface area contributed by atoms with Crippen LogP contribution in [0, 0.1) is 0 Å². The van der Waals surface area contributed by atoms with E-state index in [4.69, 9.17) is 0 Å². The Labute approximate surface area is 108 Å². The van der Waals surface area contributed by atoms with E-state index in [0.29, 0.717) is 23.4 Å². The van der Waals surface area contributed by atoms with Crippen molar-refractivity contribution >= 4 is 16.9 Å². The number of amides is 1. The molecule has 0 fully saturated rings. The monoisotopic (exact) mass is 253 g/mol. The van der Waals surface area contributed by atoms with Gasteiger partial charge in [0.2, 0.25) is 0 Å². The normalized spacial score (nSPS) is 10.5. The highest BCUT2D eigenvalue weighted by Gasteiger charge is 2.07. The highest BCUT2D eigenvalue weighted by Crippen LogP contribution is 2.10. The predicted octanol–water partition coefficient (Wildman–Crippen LogP) is 1.28. The van der Waals surface area contributed by atoms with Crippen LogP contribution < -0.4 is 5.32 Å². The number of hydrogen-bond donors (Lipinski definition) is 2. The van der Waals surface area contributed by atoms with Gasteiger partial charge in [-0.1, -0.05) is 0 Å². The molecule has 0 aliphatic heterocycles. The molecule has 0 radical (unpaired) electrons. The first-order valence-electron chi connectivity index (χ1n) is 5.80. The summed E-state index contributed by atoms with van der Waals surface area (Å²) >= 11 is 0. The lowest BCUT2D eigenvalue weighted by atomic mass is 10.2. The average Bonchev–Trinajstić information content (AvgIpc) is 2.97. The fraction of sp³-hybridized carbons (Fsp3) is 0.0769. The first-order valence-corrected chi connectivity index (χ1v) is 5.80. The predicted molar refractivity (Wildman–Crippen MR) is 69.3 cm³/mol. The van der Waals surface area contributed by atoms with E-state index < -0.39 is 0 Å². The minimum Gasteiger partial charge on any atom is -0.347 e. The van der Waals surface area contributed by atoms with E-state index in [9.17, 15) is 4.79 Å². The van der Waals surface area contributed by atoms with Crippen LogP contribution in [0.2, 0.25) is 0 Å². The van der Waals surface area contributed by atoms with Crippen LogP contribution in [0.25, 0.3) is 11.0 Å². The first-order chi connectivity index (χ1) is 9.33.